The lowest BCUT2D eigenvalue weighted by atomic mass is 9.96. The Bertz CT molecular complexity index is 746. The van der Waals surface area contributed by atoms with Crippen molar-refractivity contribution in [2.75, 3.05) is 40.3 Å². The zero-order chi connectivity index (χ0) is 20.1. The molecule has 2 aliphatic heterocycles. The second kappa shape index (κ2) is 9.32. The number of likely N-dealkylation sites (tertiary alicyclic amines) is 1. The third-order valence-electron chi connectivity index (χ3n) is 5.89. The monoisotopic (exact) mass is 384 g/mol. The van der Waals surface area contributed by atoms with Gasteiger partial charge in [0, 0.05) is 46.6 Å². The molecule has 1 saturated heterocycles. The largest absolute Gasteiger partial charge is 0.340 e. The van der Waals surface area contributed by atoms with Crippen LogP contribution >= 0.6 is 0 Å². The van der Waals surface area contributed by atoms with Crippen LogP contribution in [0.3, 0.4) is 0 Å². The zero-order valence-electron chi connectivity index (χ0n) is 17.4. The van der Waals surface area contributed by atoms with Gasteiger partial charge in [0.2, 0.25) is 5.91 Å². The van der Waals surface area contributed by atoms with Crippen LogP contribution < -0.4 is 0 Å². The summed E-state index contributed by atoms with van der Waals surface area (Å²) in [7, 11) is 3.47. The molecule has 28 heavy (non-hydrogen) atoms. The molecule has 1 fully saturated rings. The van der Waals surface area contributed by atoms with Gasteiger partial charge in [-0.15, -0.1) is 0 Å². The van der Waals surface area contributed by atoms with Gasteiger partial charge in [-0.3, -0.25) is 9.59 Å². The van der Waals surface area contributed by atoms with Crippen LogP contribution in [0.5, 0.6) is 0 Å². The molecular weight excluding hydrogens is 352 g/mol. The molecule has 0 saturated carbocycles. The van der Waals surface area contributed by atoms with Gasteiger partial charge in [0.1, 0.15) is 5.71 Å². The van der Waals surface area contributed by atoms with Crippen LogP contribution in [-0.4, -0.2) is 72.6 Å². The molecule has 2 heterocycles. The lowest BCUT2D eigenvalue weighted by Crippen LogP contribution is -2.44. The molecule has 0 radical (unpaired) electrons. The Labute approximate surface area is 168 Å². The van der Waals surface area contributed by atoms with E-state index in [0.29, 0.717) is 24.5 Å². The topological polar surface area (TPSA) is 56.2 Å². The van der Waals surface area contributed by atoms with Crippen molar-refractivity contribution in [3.63, 3.8) is 0 Å². The minimum Gasteiger partial charge on any atom is -0.340 e. The summed E-state index contributed by atoms with van der Waals surface area (Å²) in [5.74, 6) is 0.412. The smallest absolute Gasteiger partial charge is 0.269 e. The molecule has 6 nitrogen and oxygen atoms in total. The van der Waals surface area contributed by atoms with Gasteiger partial charge in [-0.2, -0.15) is 5.10 Å². The van der Waals surface area contributed by atoms with E-state index in [-0.39, 0.29) is 11.8 Å². The van der Waals surface area contributed by atoms with Crippen molar-refractivity contribution >= 4 is 17.5 Å². The van der Waals surface area contributed by atoms with E-state index < -0.39 is 0 Å². The van der Waals surface area contributed by atoms with Crippen molar-refractivity contribution in [1.82, 2.24) is 14.8 Å². The summed E-state index contributed by atoms with van der Waals surface area (Å²) in [6, 6.07) is 8.59. The normalized spacial score (nSPS) is 20.8. The maximum atomic E-state index is 12.7. The van der Waals surface area contributed by atoms with Crippen molar-refractivity contribution in [3.05, 3.63) is 35.4 Å². The lowest BCUT2D eigenvalue weighted by molar-refractivity contribution is -0.130. The third kappa shape index (κ3) is 5.19. The number of carbonyl (C=O) groups is 2. The number of piperidine rings is 1. The van der Waals surface area contributed by atoms with Gasteiger partial charge in [0.05, 0.1) is 0 Å². The number of carbonyl (C=O) groups excluding carboxylic acids is 2. The van der Waals surface area contributed by atoms with Gasteiger partial charge >= 0.3 is 0 Å². The van der Waals surface area contributed by atoms with E-state index in [0.717, 1.165) is 39.0 Å². The highest BCUT2D eigenvalue weighted by atomic mass is 16.2. The lowest BCUT2D eigenvalue weighted by Gasteiger charge is -2.35. The SMILES string of the molecule is Cc1ccccc1CCN1CCC[C@@H](CN(C)C(=O)C2=NN(C)C(=O)CC2)C1. The van der Waals surface area contributed by atoms with Crippen molar-refractivity contribution < 1.29 is 9.59 Å². The van der Waals surface area contributed by atoms with Gasteiger partial charge in [0.15, 0.2) is 0 Å². The summed E-state index contributed by atoms with van der Waals surface area (Å²) in [6.45, 7) is 6.16. The Morgan fingerprint density at radius 1 is 1.29 bits per heavy atom. The number of hydrogen-bond acceptors (Lipinski definition) is 4. The molecule has 1 atom stereocenters. The molecule has 3 rings (SSSR count). The Balaban J connectivity index is 1.50. The molecular formula is C22H32N4O2. The van der Waals surface area contributed by atoms with E-state index >= 15 is 0 Å². The number of amides is 2. The molecule has 2 amide bonds. The fraction of sp³-hybridized carbons (Fsp3) is 0.591. The predicted octanol–water partition coefficient (Wildman–Crippen LogP) is 2.32. The van der Waals surface area contributed by atoms with E-state index in [1.165, 1.54) is 22.6 Å². The summed E-state index contributed by atoms with van der Waals surface area (Å²) in [5.41, 5.74) is 3.28. The van der Waals surface area contributed by atoms with Crippen molar-refractivity contribution in [1.29, 1.82) is 0 Å². The Morgan fingerprint density at radius 2 is 2.07 bits per heavy atom. The van der Waals surface area contributed by atoms with Crippen LogP contribution in [0.25, 0.3) is 0 Å². The maximum absolute atomic E-state index is 12.7. The number of rotatable bonds is 6. The van der Waals surface area contributed by atoms with E-state index in [1.54, 1.807) is 11.9 Å². The summed E-state index contributed by atoms with van der Waals surface area (Å²) in [6.07, 6.45) is 4.22. The first-order valence-electron chi connectivity index (χ1n) is 10.3. The molecule has 0 bridgehead atoms. The first kappa shape index (κ1) is 20.5. The second-order valence-electron chi connectivity index (χ2n) is 8.14. The standard InChI is InChI=1S/C22H32N4O2/c1-17-7-4-5-9-19(17)12-14-26-13-6-8-18(16-26)15-24(2)22(28)20-10-11-21(27)25(3)23-20/h4-5,7,9,18H,6,8,10-16H2,1-3H3/t18-/m0/s1. The van der Waals surface area contributed by atoms with E-state index in [1.807, 2.05) is 7.05 Å². The molecule has 0 N–H and O–H groups in total. The minimum absolute atomic E-state index is 0.0317. The Hall–Kier alpha value is -2.21. The van der Waals surface area contributed by atoms with Gasteiger partial charge in [-0.05, 0) is 49.8 Å². The molecule has 2 aliphatic rings. The van der Waals surface area contributed by atoms with E-state index in [4.69, 9.17) is 0 Å². The number of hydrogen-bond donors (Lipinski definition) is 0. The fourth-order valence-electron chi connectivity index (χ4n) is 4.19. The van der Waals surface area contributed by atoms with Crippen LogP contribution in [0.1, 0.15) is 36.8 Å². The van der Waals surface area contributed by atoms with Crippen LogP contribution in [-0.2, 0) is 16.0 Å². The average molecular weight is 385 g/mol. The van der Waals surface area contributed by atoms with Crippen LogP contribution in [0.2, 0.25) is 0 Å². The van der Waals surface area contributed by atoms with Crippen molar-refractivity contribution in [2.24, 2.45) is 11.0 Å². The van der Waals surface area contributed by atoms with Crippen LogP contribution in [0.15, 0.2) is 29.4 Å². The molecule has 1 aromatic rings. The fourth-order valence-corrected chi connectivity index (χ4v) is 4.19. The first-order valence-corrected chi connectivity index (χ1v) is 10.3. The molecule has 0 unspecified atom stereocenters. The van der Waals surface area contributed by atoms with Gasteiger partial charge in [-0.25, -0.2) is 5.01 Å². The molecule has 152 valence electrons. The number of hydrazone groups is 1. The number of nitrogens with zero attached hydrogens (tertiary/aromatic N) is 4. The van der Waals surface area contributed by atoms with Crippen LogP contribution in [0.4, 0.5) is 0 Å². The second-order valence-corrected chi connectivity index (χ2v) is 8.14. The van der Waals surface area contributed by atoms with Gasteiger partial charge < -0.3 is 9.80 Å². The number of benzene rings is 1. The summed E-state index contributed by atoms with van der Waals surface area (Å²) < 4.78 is 0. The summed E-state index contributed by atoms with van der Waals surface area (Å²) in [5, 5.41) is 5.45. The summed E-state index contributed by atoms with van der Waals surface area (Å²) in [4.78, 5) is 28.6. The highest BCUT2D eigenvalue weighted by Crippen LogP contribution is 2.19. The third-order valence-corrected chi connectivity index (χ3v) is 5.89. The highest BCUT2D eigenvalue weighted by Gasteiger charge is 2.27. The zero-order valence-corrected chi connectivity index (χ0v) is 17.4. The molecule has 0 aromatic heterocycles. The minimum atomic E-state index is -0.0450. The molecule has 0 spiro atoms. The molecule has 1 aromatic carbocycles. The predicted molar refractivity (Wildman–Crippen MR) is 111 cm³/mol. The Morgan fingerprint density at radius 3 is 2.82 bits per heavy atom. The quantitative estimate of drug-likeness (QED) is 0.756. The van der Waals surface area contributed by atoms with Crippen molar-refractivity contribution in [2.45, 2.75) is 39.0 Å². The Kier molecular flexibility index (Phi) is 6.83. The van der Waals surface area contributed by atoms with Crippen LogP contribution in [0, 0.1) is 12.8 Å². The summed E-state index contributed by atoms with van der Waals surface area (Å²) >= 11 is 0. The molecule has 6 heteroatoms. The average Bonchev–Trinajstić information content (AvgIpc) is 2.69. The molecule has 0 aliphatic carbocycles. The van der Waals surface area contributed by atoms with Crippen molar-refractivity contribution in [3.8, 4) is 0 Å². The first-order chi connectivity index (χ1) is 13.4. The van der Waals surface area contributed by atoms with E-state index in [2.05, 4.69) is 41.2 Å². The van der Waals surface area contributed by atoms with Gasteiger partial charge in [0.25, 0.3) is 5.91 Å². The maximum Gasteiger partial charge on any atom is 0.269 e. The van der Waals surface area contributed by atoms with E-state index in [9.17, 15) is 9.59 Å². The van der Waals surface area contributed by atoms with Gasteiger partial charge in [-0.1, -0.05) is 24.3 Å². The highest BCUT2D eigenvalue weighted by molar-refractivity contribution is 6.39. The number of aryl methyl sites for hydroxylation is 1.